The number of hydrogen-bond donors (Lipinski definition) is 1. The highest BCUT2D eigenvalue weighted by Gasteiger charge is 2.20. The number of nitrogens with one attached hydrogen (secondary N) is 1. The Labute approximate surface area is 109 Å². The van der Waals surface area contributed by atoms with Gasteiger partial charge in [-0.2, -0.15) is 0 Å². The summed E-state index contributed by atoms with van der Waals surface area (Å²) in [6, 6.07) is -0.452. The van der Waals surface area contributed by atoms with Crippen LogP contribution in [0.2, 0.25) is 0 Å². The van der Waals surface area contributed by atoms with E-state index in [1.54, 1.807) is 32.8 Å². The predicted molar refractivity (Wildman–Crippen MR) is 73.1 cm³/mol. The average Bonchev–Trinajstić information content (AvgIpc) is 2.27. The number of carbonyl (C=O) groups excluding carboxylic acids is 2. The van der Waals surface area contributed by atoms with Crippen molar-refractivity contribution in [3.8, 4) is 0 Å². The number of carbonyl (C=O) groups is 2. The average molecular weight is 260 g/mol. The molecule has 0 fully saturated rings. The van der Waals surface area contributed by atoms with Gasteiger partial charge in [0.05, 0.1) is 5.25 Å². The smallest absolute Gasteiger partial charge is 0.244 e. The van der Waals surface area contributed by atoms with Crippen molar-refractivity contribution in [2.45, 2.75) is 44.9 Å². The van der Waals surface area contributed by atoms with E-state index in [-0.39, 0.29) is 17.1 Å². The molecule has 0 unspecified atom stereocenters. The summed E-state index contributed by atoms with van der Waals surface area (Å²) < 4.78 is 0. The molecule has 0 spiro atoms. The molecule has 5 heteroatoms. The third-order valence-corrected chi connectivity index (χ3v) is 3.64. The molecule has 0 rings (SSSR count). The molecule has 0 saturated heterocycles. The van der Waals surface area contributed by atoms with E-state index in [0.717, 1.165) is 18.6 Å². The molecule has 17 heavy (non-hydrogen) atoms. The second kappa shape index (κ2) is 8.39. The first-order chi connectivity index (χ1) is 7.90. The molecule has 0 radical (unpaired) electrons. The summed E-state index contributed by atoms with van der Waals surface area (Å²) in [4.78, 5) is 24.8. The van der Waals surface area contributed by atoms with Gasteiger partial charge in [-0.05, 0) is 26.0 Å². The van der Waals surface area contributed by atoms with Crippen LogP contribution in [0, 0.1) is 0 Å². The van der Waals surface area contributed by atoms with Gasteiger partial charge in [0.15, 0.2) is 0 Å². The molecule has 0 aromatic rings. The lowest BCUT2D eigenvalue weighted by Crippen LogP contribution is -2.46. The summed E-state index contributed by atoms with van der Waals surface area (Å²) >= 11 is 1.63. The number of hydrogen-bond acceptors (Lipinski definition) is 3. The maximum absolute atomic E-state index is 11.8. The van der Waals surface area contributed by atoms with Gasteiger partial charge in [-0.15, -0.1) is 11.8 Å². The van der Waals surface area contributed by atoms with E-state index < -0.39 is 6.04 Å². The van der Waals surface area contributed by atoms with E-state index in [0.29, 0.717) is 0 Å². The summed E-state index contributed by atoms with van der Waals surface area (Å²) in [6.07, 6.45) is 2.26. The Balaban J connectivity index is 4.02. The monoisotopic (exact) mass is 260 g/mol. The molecule has 0 aliphatic heterocycles. The van der Waals surface area contributed by atoms with E-state index in [1.165, 1.54) is 4.90 Å². The van der Waals surface area contributed by atoms with Crippen LogP contribution >= 0.6 is 11.8 Å². The summed E-state index contributed by atoms with van der Waals surface area (Å²) in [5, 5.41) is 2.64. The normalized spacial score (nSPS) is 13.9. The van der Waals surface area contributed by atoms with Crippen molar-refractivity contribution in [2.75, 3.05) is 19.8 Å². The van der Waals surface area contributed by atoms with Crippen molar-refractivity contribution in [3.63, 3.8) is 0 Å². The summed E-state index contributed by atoms with van der Waals surface area (Å²) in [7, 11) is 3.37. The number of nitrogens with zero attached hydrogens (tertiary/aromatic N) is 1. The van der Waals surface area contributed by atoms with Crippen LogP contribution in [-0.2, 0) is 9.59 Å². The lowest BCUT2D eigenvalue weighted by molar-refractivity contribution is -0.133. The Morgan fingerprint density at radius 2 is 1.88 bits per heavy atom. The number of amides is 2. The van der Waals surface area contributed by atoms with E-state index in [2.05, 4.69) is 12.2 Å². The lowest BCUT2D eigenvalue weighted by atomic mass is 10.3. The van der Waals surface area contributed by atoms with E-state index in [1.807, 2.05) is 6.92 Å². The maximum atomic E-state index is 11.8. The lowest BCUT2D eigenvalue weighted by Gasteiger charge is -2.20. The van der Waals surface area contributed by atoms with Crippen LogP contribution in [0.1, 0.15) is 33.6 Å². The van der Waals surface area contributed by atoms with Crippen molar-refractivity contribution in [2.24, 2.45) is 0 Å². The highest BCUT2D eigenvalue weighted by molar-refractivity contribution is 8.00. The quantitative estimate of drug-likeness (QED) is 0.706. The van der Waals surface area contributed by atoms with Crippen LogP contribution in [0.5, 0.6) is 0 Å². The topological polar surface area (TPSA) is 49.4 Å². The fourth-order valence-corrected chi connectivity index (χ4v) is 2.29. The fraction of sp³-hybridized carbons (Fsp3) is 0.833. The standard InChI is InChI=1S/C12H24N2O2S/c1-6-7-8-17-10(3)11(15)13-9(2)12(16)14(4)5/h9-10H,6-8H2,1-5H3,(H,13,15)/t9-,10-/m0/s1. The van der Waals surface area contributed by atoms with Crippen molar-refractivity contribution in [1.82, 2.24) is 10.2 Å². The Hall–Kier alpha value is -0.710. The summed E-state index contributed by atoms with van der Waals surface area (Å²) in [5.74, 6) is 0.846. The third kappa shape index (κ3) is 6.56. The van der Waals surface area contributed by atoms with Crippen LogP contribution in [0.4, 0.5) is 0 Å². The van der Waals surface area contributed by atoms with Crippen molar-refractivity contribution >= 4 is 23.6 Å². The van der Waals surface area contributed by atoms with Crippen LogP contribution < -0.4 is 5.32 Å². The second-order valence-corrected chi connectivity index (χ2v) is 5.78. The van der Waals surface area contributed by atoms with Crippen LogP contribution in [0.3, 0.4) is 0 Å². The Morgan fingerprint density at radius 1 is 1.29 bits per heavy atom. The molecular formula is C12H24N2O2S. The van der Waals surface area contributed by atoms with Crippen molar-refractivity contribution < 1.29 is 9.59 Å². The van der Waals surface area contributed by atoms with E-state index >= 15 is 0 Å². The molecule has 0 heterocycles. The van der Waals surface area contributed by atoms with E-state index in [9.17, 15) is 9.59 Å². The minimum absolute atomic E-state index is 0.0613. The maximum Gasteiger partial charge on any atom is 0.244 e. The molecule has 0 aliphatic carbocycles. The molecule has 2 amide bonds. The predicted octanol–water partition coefficient (Wildman–Crippen LogP) is 1.50. The minimum atomic E-state index is -0.452. The largest absolute Gasteiger partial charge is 0.347 e. The highest BCUT2D eigenvalue weighted by Crippen LogP contribution is 2.12. The van der Waals surface area contributed by atoms with E-state index in [4.69, 9.17) is 0 Å². The number of likely N-dealkylation sites (N-methyl/N-ethyl adjacent to an activating group) is 1. The summed E-state index contributed by atoms with van der Waals surface area (Å²) in [6.45, 7) is 5.72. The van der Waals surface area contributed by atoms with Gasteiger partial charge in [-0.25, -0.2) is 0 Å². The number of unbranched alkanes of at least 4 members (excludes halogenated alkanes) is 1. The fourth-order valence-electron chi connectivity index (χ4n) is 1.26. The van der Waals surface area contributed by atoms with Crippen molar-refractivity contribution in [3.05, 3.63) is 0 Å². The molecule has 0 bridgehead atoms. The molecular weight excluding hydrogens is 236 g/mol. The van der Waals surface area contributed by atoms with Gasteiger partial charge in [0.2, 0.25) is 11.8 Å². The number of thioether (sulfide) groups is 1. The molecule has 1 N–H and O–H groups in total. The van der Waals surface area contributed by atoms with Gasteiger partial charge < -0.3 is 10.2 Å². The first kappa shape index (κ1) is 16.3. The van der Waals surface area contributed by atoms with Gasteiger partial charge in [-0.1, -0.05) is 13.3 Å². The highest BCUT2D eigenvalue weighted by atomic mass is 32.2. The Bertz CT molecular complexity index is 257. The SMILES string of the molecule is CCCCS[C@@H](C)C(=O)N[C@@H](C)C(=O)N(C)C. The zero-order valence-corrected chi connectivity index (χ0v) is 12.3. The molecule has 0 aliphatic rings. The second-order valence-electron chi connectivity index (χ2n) is 4.33. The molecule has 0 aromatic carbocycles. The Morgan fingerprint density at radius 3 is 2.35 bits per heavy atom. The van der Waals surface area contributed by atoms with Gasteiger partial charge in [0.25, 0.3) is 0 Å². The first-order valence-corrected chi connectivity index (χ1v) is 7.08. The van der Waals surface area contributed by atoms with Crippen LogP contribution in [0.25, 0.3) is 0 Å². The molecule has 2 atom stereocenters. The zero-order valence-electron chi connectivity index (χ0n) is 11.4. The van der Waals surface area contributed by atoms with Gasteiger partial charge in [0.1, 0.15) is 6.04 Å². The number of rotatable bonds is 7. The third-order valence-electron chi connectivity index (χ3n) is 2.40. The minimum Gasteiger partial charge on any atom is -0.347 e. The van der Waals surface area contributed by atoms with Crippen molar-refractivity contribution in [1.29, 1.82) is 0 Å². The van der Waals surface area contributed by atoms with Gasteiger partial charge >= 0.3 is 0 Å². The zero-order chi connectivity index (χ0) is 13.4. The molecule has 4 nitrogen and oxygen atoms in total. The van der Waals surface area contributed by atoms with Gasteiger partial charge in [0, 0.05) is 14.1 Å². The molecule has 100 valence electrons. The first-order valence-electron chi connectivity index (χ1n) is 6.03. The molecule has 0 aromatic heterocycles. The van der Waals surface area contributed by atoms with Crippen LogP contribution in [-0.4, -0.2) is 47.9 Å². The van der Waals surface area contributed by atoms with Crippen LogP contribution in [0.15, 0.2) is 0 Å². The summed E-state index contributed by atoms with van der Waals surface area (Å²) in [5.41, 5.74) is 0. The Kier molecular flexibility index (Phi) is 8.04. The molecule has 0 saturated carbocycles. The van der Waals surface area contributed by atoms with Gasteiger partial charge in [-0.3, -0.25) is 9.59 Å².